The number of rotatable bonds is 5. The number of hydrogen-bond acceptors (Lipinski definition) is 5. The summed E-state index contributed by atoms with van der Waals surface area (Å²) in [5, 5.41) is 18.1. The van der Waals surface area contributed by atoms with Crippen LogP contribution in [0.5, 0.6) is 5.75 Å². The highest BCUT2D eigenvalue weighted by Crippen LogP contribution is 2.16. The van der Waals surface area contributed by atoms with Crippen LogP contribution in [0.2, 0.25) is 0 Å². The van der Waals surface area contributed by atoms with Gasteiger partial charge in [-0.1, -0.05) is 6.07 Å². The van der Waals surface area contributed by atoms with E-state index in [0.29, 0.717) is 16.6 Å². The highest BCUT2D eigenvalue weighted by atomic mass is 32.1. The molecule has 0 aliphatic rings. The second kappa shape index (κ2) is 8.02. The summed E-state index contributed by atoms with van der Waals surface area (Å²) in [7, 11) is 1.59. The van der Waals surface area contributed by atoms with Crippen molar-refractivity contribution in [1.29, 1.82) is 0 Å². The lowest BCUT2D eigenvalue weighted by Crippen LogP contribution is -2.24. The van der Waals surface area contributed by atoms with E-state index in [4.69, 9.17) is 17.0 Å². The van der Waals surface area contributed by atoms with Crippen molar-refractivity contribution in [3.05, 3.63) is 64.2 Å². The normalized spacial score (nSPS) is 10.8. The van der Waals surface area contributed by atoms with Crippen LogP contribution in [0.25, 0.3) is 0 Å². The zero-order valence-electron chi connectivity index (χ0n) is 13.1. The van der Waals surface area contributed by atoms with E-state index < -0.39 is 4.92 Å². The summed E-state index contributed by atoms with van der Waals surface area (Å²) in [5.74, 6) is 0.716. The van der Waals surface area contributed by atoms with Crippen LogP contribution in [0.4, 0.5) is 11.4 Å². The molecule has 0 aliphatic heterocycles. The van der Waals surface area contributed by atoms with Gasteiger partial charge in [0.1, 0.15) is 5.75 Å². The number of nitrogens with zero attached hydrogens (tertiary/aromatic N) is 2. The molecule has 124 valence electrons. The van der Waals surface area contributed by atoms with Crippen molar-refractivity contribution in [2.45, 2.75) is 6.92 Å². The lowest BCUT2D eigenvalue weighted by atomic mass is 10.1. The Labute approximate surface area is 144 Å². The number of non-ortho nitro benzene ring substituents is 1. The molecule has 0 saturated heterocycles. The fourth-order valence-corrected chi connectivity index (χ4v) is 2.05. The average Bonchev–Trinajstić information content (AvgIpc) is 2.60. The predicted octanol–water partition coefficient (Wildman–Crippen LogP) is 3.31. The number of anilines is 1. The van der Waals surface area contributed by atoms with Crippen LogP contribution < -0.4 is 15.5 Å². The molecule has 0 unspecified atom stereocenters. The average molecular weight is 344 g/mol. The summed E-state index contributed by atoms with van der Waals surface area (Å²) in [6, 6.07) is 13.5. The van der Waals surface area contributed by atoms with E-state index in [1.54, 1.807) is 32.2 Å². The molecule has 0 spiro atoms. The molecule has 0 bridgehead atoms. The lowest BCUT2D eigenvalue weighted by molar-refractivity contribution is -0.384. The zero-order valence-corrected chi connectivity index (χ0v) is 14.0. The first-order valence-corrected chi connectivity index (χ1v) is 7.40. The van der Waals surface area contributed by atoms with Gasteiger partial charge in [0.05, 0.1) is 17.7 Å². The Morgan fingerprint density at radius 1 is 1.25 bits per heavy atom. The van der Waals surface area contributed by atoms with Gasteiger partial charge in [-0.3, -0.25) is 15.5 Å². The SMILES string of the molecule is COc1cccc(NC(=S)N/N=C(\C)c2ccc([N+](=O)[O-])cc2)c1. The summed E-state index contributed by atoms with van der Waals surface area (Å²) >= 11 is 5.18. The van der Waals surface area contributed by atoms with Crippen molar-refractivity contribution in [3.63, 3.8) is 0 Å². The van der Waals surface area contributed by atoms with E-state index >= 15 is 0 Å². The highest BCUT2D eigenvalue weighted by molar-refractivity contribution is 7.80. The molecule has 0 saturated carbocycles. The number of nitro benzene ring substituents is 1. The van der Waals surface area contributed by atoms with Gasteiger partial charge in [-0.2, -0.15) is 5.10 Å². The monoisotopic (exact) mass is 344 g/mol. The number of hydrogen-bond donors (Lipinski definition) is 2. The Bertz CT molecular complexity index is 775. The van der Waals surface area contributed by atoms with Crippen molar-refractivity contribution >= 4 is 34.4 Å². The molecule has 0 amide bonds. The van der Waals surface area contributed by atoms with Crippen LogP contribution in [0.1, 0.15) is 12.5 Å². The zero-order chi connectivity index (χ0) is 17.5. The maximum Gasteiger partial charge on any atom is 0.269 e. The van der Waals surface area contributed by atoms with Gasteiger partial charge in [0.15, 0.2) is 5.11 Å². The van der Waals surface area contributed by atoms with Crippen molar-refractivity contribution in [1.82, 2.24) is 5.43 Å². The molecule has 2 N–H and O–H groups in total. The summed E-state index contributed by atoms with van der Waals surface area (Å²) in [6.07, 6.45) is 0. The van der Waals surface area contributed by atoms with Crippen LogP contribution >= 0.6 is 12.2 Å². The van der Waals surface area contributed by atoms with Gasteiger partial charge in [0.2, 0.25) is 0 Å². The first-order chi connectivity index (χ1) is 11.5. The molecule has 0 heterocycles. The number of thiocarbonyl (C=S) groups is 1. The van der Waals surface area contributed by atoms with Crippen LogP contribution in [0.15, 0.2) is 53.6 Å². The van der Waals surface area contributed by atoms with Crippen molar-refractivity contribution in [2.75, 3.05) is 12.4 Å². The molecule has 8 heteroatoms. The topological polar surface area (TPSA) is 88.8 Å². The second-order valence-corrected chi connectivity index (χ2v) is 5.21. The standard InChI is InChI=1S/C16H16N4O3S/c1-11(12-6-8-14(9-7-12)20(21)22)18-19-16(24)17-13-4-3-5-15(10-13)23-2/h3-10H,1-2H3,(H2,17,19,24)/b18-11+. The van der Waals surface area contributed by atoms with E-state index in [2.05, 4.69) is 15.8 Å². The van der Waals surface area contributed by atoms with Crippen LogP contribution in [0.3, 0.4) is 0 Å². The van der Waals surface area contributed by atoms with Crippen molar-refractivity contribution in [3.8, 4) is 5.75 Å². The first-order valence-electron chi connectivity index (χ1n) is 7.00. The predicted molar refractivity (Wildman–Crippen MR) is 97.7 cm³/mol. The van der Waals surface area contributed by atoms with Gasteiger partial charge in [-0.25, -0.2) is 0 Å². The summed E-state index contributed by atoms with van der Waals surface area (Å²) < 4.78 is 5.14. The third-order valence-corrected chi connectivity index (χ3v) is 3.34. The number of nitrogens with one attached hydrogen (secondary N) is 2. The first kappa shape index (κ1) is 17.4. The molecular formula is C16H16N4O3S. The van der Waals surface area contributed by atoms with E-state index in [0.717, 1.165) is 11.3 Å². The van der Waals surface area contributed by atoms with Gasteiger partial charge >= 0.3 is 0 Å². The minimum absolute atomic E-state index is 0.0368. The third-order valence-electron chi connectivity index (χ3n) is 3.15. The Balaban J connectivity index is 1.98. The Morgan fingerprint density at radius 2 is 1.96 bits per heavy atom. The minimum Gasteiger partial charge on any atom is -0.497 e. The van der Waals surface area contributed by atoms with Gasteiger partial charge in [0, 0.05) is 23.9 Å². The van der Waals surface area contributed by atoms with Gasteiger partial charge < -0.3 is 10.1 Å². The van der Waals surface area contributed by atoms with Gasteiger partial charge in [0.25, 0.3) is 5.69 Å². The van der Waals surface area contributed by atoms with E-state index in [9.17, 15) is 10.1 Å². The number of ether oxygens (including phenoxy) is 1. The molecule has 2 aromatic carbocycles. The Hall–Kier alpha value is -3.00. The molecule has 0 fully saturated rings. The third kappa shape index (κ3) is 4.75. The molecule has 0 atom stereocenters. The fourth-order valence-electron chi connectivity index (χ4n) is 1.88. The molecule has 0 radical (unpaired) electrons. The number of benzene rings is 2. The van der Waals surface area contributed by atoms with Crippen LogP contribution in [-0.4, -0.2) is 22.9 Å². The number of nitro groups is 1. The molecule has 0 aromatic heterocycles. The molecule has 0 aliphatic carbocycles. The maximum atomic E-state index is 10.6. The summed E-state index contributed by atoms with van der Waals surface area (Å²) in [5.41, 5.74) is 4.96. The van der Waals surface area contributed by atoms with Crippen molar-refractivity contribution in [2.24, 2.45) is 5.10 Å². The molecule has 2 rings (SSSR count). The Morgan fingerprint density at radius 3 is 2.58 bits per heavy atom. The summed E-state index contributed by atoms with van der Waals surface area (Å²) in [4.78, 5) is 10.2. The van der Waals surface area contributed by atoms with Gasteiger partial charge in [-0.15, -0.1) is 0 Å². The molecule has 24 heavy (non-hydrogen) atoms. The van der Waals surface area contributed by atoms with Crippen molar-refractivity contribution < 1.29 is 9.66 Å². The second-order valence-electron chi connectivity index (χ2n) is 4.80. The maximum absolute atomic E-state index is 10.6. The van der Waals surface area contributed by atoms with Crippen LogP contribution in [0, 0.1) is 10.1 Å². The molecule has 7 nitrogen and oxygen atoms in total. The fraction of sp³-hybridized carbons (Fsp3) is 0.125. The van der Waals surface area contributed by atoms with E-state index in [1.807, 2.05) is 18.2 Å². The van der Waals surface area contributed by atoms with E-state index in [1.165, 1.54) is 12.1 Å². The number of methoxy groups -OCH3 is 1. The van der Waals surface area contributed by atoms with Gasteiger partial charge in [-0.05, 0) is 49.0 Å². The Kier molecular flexibility index (Phi) is 5.80. The number of hydrazone groups is 1. The summed E-state index contributed by atoms with van der Waals surface area (Å²) in [6.45, 7) is 1.78. The quantitative estimate of drug-likeness (QED) is 0.374. The molecular weight excluding hydrogens is 328 g/mol. The molecule has 2 aromatic rings. The van der Waals surface area contributed by atoms with E-state index in [-0.39, 0.29) is 5.69 Å². The smallest absolute Gasteiger partial charge is 0.269 e. The van der Waals surface area contributed by atoms with Crippen LogP contribution in [-0.2, 0) is 0 Å². The lowest BCUT2D eigenvalue weighted by Gasteiger charge is -2.09. The largest absolute Gasteiger partial charge is 0.497 e. The minimum atomic E-state index is -0.443. The highest BCUT2D eigenvalue weighted by Gasteiger charge is 2.05.